The Morgan fingerprint density at radius 1 is 1.28 bits per heavy atom. The van der Waals surface area contributed by atoms with Crippen LogP contribution in [0.5, 0.6) is 0 Å². The van der Waals surface area contributed by atoms with Crippen LogP contribution in [0.25, 0.3) is 5.82 Å². The third-order valence-electron chi connectivity index (χ3n) is 4.74. The molecule has 0 bridgehead atoms. The van der Waals surface area contributed by atoms with Crippen molar-refractivity contribution in [1.82, 2.24) is 25.2 Å². The van der Waals surface area contributed by atoms with Gasteiger partial charge in [-0.2, -0.15) is 0 Å². The number of aliphatic hydroxyl groups is 1. The average Bonchev–Trinajstić information content (AvgIpc) is 3.08. The summed E-state index contributed by atoms with van der Waals surface area (Å²) in [5.41, 5.74) is 0.929. The third-order valence-corrected chi connectivity index (χ3v) is 4.74. The van der Waals surface area contributed by atoms with Crippen LogP contribution in [0.1, 0.15) is 37.7 Å². The van der Waals surface area contributed by atoms with Gasteiger partial charge in [-0.1, -0.05) is 25.3 Å². The standard InChI is InChI=1S/C18H25N5O2/c24-12-15-4-2-1-3-5-16(15)22-18(25)21-11-14-6-7-17(20-10-14)23-9-8-19-13-23/h6-10,13,15-16,24H,1-5,11-12H2,(H2,21,22,25). The fourth-order valence-corrected chi connectivity index (χ4v) is 3.26. The molecule has 0 aliphatic heterocycles. The van der Waals surface area contributed by atoms with Crippen LogP contribution in [0.3, 0.4) is 0 Å². The molecule has 134 valence electrons. The number of imidazole rings is 1. The quantitative estimate of drug-likeness (QED) is 0.724. The normalized spacial score (nSPS) is 20.7. The molecule has 1 aliphatic carbocycles. The summed E-state index contributed by atoms with van der Waals surface area (Å²) in [6.45, 7) is 0.546. The van der Waals surface area contributed by atoms with Crippen LogP contribution in [0.2, 0.25) is 0 Å². The van der Waals surface area contributed by atoms with Gasteiger partial charge >= 0.3 is 6.03 Å². The summed E-state index contributed by atoms with van der Waals surface area (Å²) < 4.78 is 1.82. The lowest BCUT2D eigenvalue weighted by molar-refractivity contribution is 0.179. The Morgan fingerprint density at radius 3 is 2.88 bits per heavy atom. The maximum Gasteiger partial charge on any atom is 0.315 e. The average molecular weight is 343 g/mol. The predicted molar refractivity (Wildman–Crippen MR) is 94.2 cm³/mol. The van der Waals surface area contributed by atoms with Gasteiger partial charge in [0.2, 0.25) is 0 Å². The molecule has 1 fully saturated rings. The van der Waals surface area contributed by atoms with E-state index in [-0.39, 0.29) is 24.6 Å². The number of hydrogen-bond donors (Lipinski definition) is 3. The Balaban J connectivity index is 1.50. The van der Waals surface area contributed by atoms with E-state index < -0.39 is 0 Å². The number of aromatic nitrogens is 3. The lowest BCUT2D eigenvalue weighted by atomic mass is 9.96. The number of carbonyl (C=O) groups excluding carboxylic acids is 1. The summed E-state index contributed by atoms with van der Waals surface area (Å²) in [5.74, 6) is 0.944. The van der Waals surface area contributed by atoms with Crippen molar-refractivity contribution in [2.75, 3.05) is 6.61 Å². The number of amides is 2. The van der Waals surface area contributed by atoms with E-state index in [1.54, 1.807) is 18.7 Å². The van der Waals surface area contributed by atoms with E-state index in [0.29, 0.717) is 6.54 Å². The van der Waals surface area contributed by atoms with E-state index >= 15 is 0 Å². The predicted octanol–water partition coefficient (Wildman–Crippen LogP) is 2.01. The van der Waals surface area contributed by atoms with Crippen molar-refractivity contribution in [1.29, 1.82) is 0 Å². The zero-order chi connectivity index (χ0) is 17.5. The first-order valence-corrected chi connectivity index (χ1v) is 8.85. The number of pyridine rings is 1. The van der Waals surface area contributed by atoms with Crippen LogP contribution in [0.4, 0.5) is 4.79 Å². The number of carbonyl (C=O) groups is 1. The SMILES string of the molecule is O=C(NCc1ccc(-n2ccnc2)nc1)NC1CCCCCC1CO. The Bertz CT molecular complexity index is 657. The number of hydrogen-bond acceptors (Lipinski definition) is 4. The smallest absolute Gasteiger partial charge is 0.315 e. The highest BCUT2D eigenvalue weighted by molar-refractivity contribution is 5.74. The lowest BCUT2D eigenvalue weighted by Gasteiger charge is -2.24. The first-order valence-electron chi connectivity index (χ1n) is 8.85. The molecule has 25 heavy (non-hydrogen) atoms. The monoisotopic (exact) mass is 343 g/mol. The van der Waals surface area contributed by atoms with Gasteiger partial charge in [0.15, 0.2) is 0 Å². The van der Waals surface area contributed by atoms with Crippen LogP contribution in [-0.2, 0) is 6.54 Å². The van der Waals surface area contributed by atoms with Gasteiger partial charge < -0.3 is 15.7 Å². The molecule has 0 spiro atoms. The minimum atomic E-state index is -0.191. The summed E-state index contributed by atoms with van der Waals surface area (Å²) in [6.07, 6.45) is 12.3. The summed E-state index contributed by atoms with van der Waals surface area (Å²) in [4.78, 5) is 20.5. The fourth-order valence-electron chi connectivity index (χ4n) is 3.26. The zero-order valence-corrected chi connectivity index (χ0v) is 14.3. The Morgan fingerprint density at radius 2 is 2.16 bits per heavy atom. The number of nitrogens with one attached hydrogen (secondary N) is 2. The van der Waals surface area contributed by atoms with E-state index in [9.17, 15) is 9.90 Å². The molecule has 1 aliphatic rings. The van der Waals surface area contributed by atoms with Crippen molar-refractivity contribution < 1.29 is 9.90 Å². The number of aliphatic hydroxyl groups excluding tert-OH is 1. The topological polar surface area (TPSA) is 92.1 Å². The maximum absolute atomic E-state index is 12.2. The largest absolute Gasteiger partial charge is 0.396 e. The second-order valence-electron chi connectivity index (χ2n) is 6.51. The minimum absolute atomic E-state index is 0.0502. The van der Waals surface area contributed by atoms with Crippen molar-refractivity contribution in [3.8, 4) is 5.82 Å². The lowest BCUT2D eigenvalue weighted by Crippen LogP contribution is -2.45. The molecule has 0 aromatic carbocycles. The van der Waals surface area contributed by atoms with E-state index in [2.05, 4.69) is 20.6 Å². The second-order valence-corrected chi connectivity index (χ2v) is 6.51. The fraction of sp³-hybridized carbons (Fsp3) is 0.500. The Labute approximate surface area is 147 Å². The van der Waals surface area contributed by atoms with Crippen LogP contribution >= 0.6 is 0 Å². The molecule has 2 aromatic heterocycles. The molecule has 1 saturated carbocycles. The van der Waals surface area contributed by atoms with E-state index in [4.69, 9.17) is 0 Å². The summed E-state index contributed by atoms with van der Waals surface area (Å²) in [6, 6.07) is 3.69. The molecule has 2 heterocycles. The van der Waals surface area contributed by atoms with Gasteiger partial charge in [0.1, 0.15) is 12.1 Å². The summed E-state index contributed by atoms with van der Waals surface area (Å²) in [7, 11) is 0. The minimum Gasteiger partial charge on any atom is -0.396 e. The van der Waals surface area contributed by atoms with Crippen molar-refractivity contribution in [2.24, 2.45) is 5.92 Å². The molecule has 0 radical (unpaired) electrons. The first kappa shape index (κ1) is 17.4. The molecular weight excluding hydrogens is 318 g/mol. The van der Waals surface area contributed by atoms with Crippen molar-refractivity contribution in [3.63, 3.8) is 0 Å². The van der Waals surface area contributed by atoms with Gasteiger partial charge in [0, 0.05) is 43.7 Å². The number of urea groups is 1. The third kappa shape index (κ3) is 4.79. The zero-order valence-electron chi connectivity index (χ0n) is 14.3. The Hall–Kier alpha value is -2.41. The molecule has 3 N–H and O–H groups in total. The highest BCUT2D eigenvalue weighted by atomic mass is 16.3. The number of rotatable bonds is 5. The molecule has 7 heteroatoms. The highest BCUT2D eigenvalue weighted by Crippen LogP contribution is 2.23. The van der Waals surface area contributed by atoms with Gasteiger partial charge in [-0.15, -0.1) is 0 Å². The van der Waals surface area contributed by atoms with E-state index in [1.807, 2.05) is 22.9 Å². The molecule has 0 saturated heterocycles. The molecule has 7 nitrogen and oxygen atoms in total. The number of nitrogens with zero attached hydrogens (tertiary/aromatic N) is 3. The van der Waals surface area contributed by atoms with E-state index in [1.165, 1.54) is 6.42 Å². The summed E-state index contributed by atoms with van der Waals surface area (Å²) in [5, 5.41) is 15.4. The van der Waals surface area contributed by atoms with Crippen molar-refractivity contribution in [3.05, 3.63) is 42.6 Å². The molecule has 2 atom stereocenters. The molecular formula is C18H25N5O2. The van der Waals surface area contributed by atoms with Crippen molar-refractivity contribution in [2.45, 2.75) is 44.7 Å². The van der Waals surface area contributed by atoms with Gasteiger partial charge in [-0.25, -0.2) is 14.8 Å². The summed E-state index contributed by atoms with van der Waals surface area (Å²) >= 11 is 0. The first-order chi connectivity index (χ1) is 12.3. The Kier molecular flexibility index (Phi) is 6.00. The van der Waals surface area contributed by atoms with Gasteiger partial charge in [-0.3, -0.25) is 4.57 Å². The van der Waals surface area contributed by atoms with Crippen LogP contribution in [0.15, 0.2) is 37.1 Å². The van der Waals surface area contributed by atoms with Gasteiger partial charge in [0.05, 0.1) is 0 Å². The van der Waals surface area contributed by atoms with Crippen LogP contribution in [0, 0.1) is 5.92 Å². The maximum atomic E-state index is 12.2. The highest BCUT2D eigenvalue weighted by Gasteiger charge is 2.24. The van der Waals surface area contributed by atoms with Gasteiger partial charge in [0.25, 0.3) is 0 Å². The van der Waals surface area contributed by atoms with E-state index in [0.717, 1.165) is 37.1 Å². The second kappa shape index (κ2) is 8.62. The molecule has 2 aromatic rings. The van der Waals surface area contributed by atoms with Crippen LogP contribution in [-0.4, -0.2) is 38.3 Å². The van der Waals surface area contributed by atoms with Gasteiger partial charge in [-0.05, 0) is 24.5 Å². The molecule has 3 rings (SSSR count). The molecule has 2 amide bonds. The van der Waals surface area contributed by atoms with Crippen molar-refractivity contribution >= 4 is 6.03 Å². The molecule has 2 unspecified atom stereocenters. The van der Waals surface area contributed by atoms with Crippen LogP contribution < -0.4 is 10.6 Å².